The minimum atomic E-state index is 0.717. The molecule has 0 amide bonds. The van der Waals surface area contributed by atoms with Gasteiger partial charge in [-0.2, -0.15) is 0 Å². The fourth-order valence-corrected chi connectivity index (χ4v) is 2.76. The van der Waals surface area contributed by atoms with Crippen molar-refractivity contribution in [3.8, 4) is 0 Å². The number of rotatable bonds is 8. The quantitative estimate of drug-likeness (QED) is 0.787. The summed E-state index contributed by atoms with van der Waals surface area (Å²) in [5.41, 5.74) is 1.39. The molecule has 0 aliphatic carbocycles. The molecule has 0 bridgehead atoms. The van der Waals surface area contributed by atoms with Gasteiger partial charge < -0.3 is 10.2 Å². The summed E-state index contributed by atoms with van der Waals surface area (Å²) in [4.78, 5) is 2.45. The minimum absolute atomic E-state index is 0.717. The first-order valence-corrected chi connectivity index (χ1v) is 7.90. The van der Waals surface area contributed by atoms with Crippen molar-refractivity contribution in [2.24, 2.45) is 11.8 Å². The van der Waals surface area contributed by atoms with E-state index in [2.05, 4.69) is 71.3 Å². The lowest BCUT2D eigenvalue weighted by Gasteiger charge is -2.26. The zero-order valence-electron chi connectivity index (χ0n) is 12.6. The van der Waals surface area contributed by atoms with Crippen LogP contribution in [0.5, 0.6) is 0 Å². The third-order valence-electron chi connectivity index (χ3n) is 3.68. The zero-order chi connectivity index (χ0) is 14.3. The first-order valence-electron chi connectivity index (χ1n) is 7.11. The van der Waals surface area contributed by atoms with Crippen LogP contribution in [0.2, 0.25) is 0 Å². The molecule has 0 spiro atoms. The summed E-state index contributed by atoms with van der Waals surface area (Å²) < 4.78 is 1.22. The SMILES string of the molecule is CNCC(CN(C)CCc1ccccc1Br)C(C)C. The molecule has 108 valence electrons. The smallest absolute Gasteiger partial charge is 0.0207 e. The van der Waals surface area contributed by atoms with Crippen LogP contribution >= 0.6 is 15.9 Å². The number of halogens is 1. The summed E-state index contributed by atoms with van der Waals surface area (Å²) in [7, 11) is 4.26. The van der Waals surface area contributed by atoms with E-state index in [9.17, 15) is 0 Å². The number of nitrogens with zero attached hydrogens (tertiary/aromatic N) is 1. The predicted molar refractivity (Wildman–Crippen MR) is 87.6 cm³/mol. The molecule has 0 heterocycles. The second-order valence-electron chi connectivity index (χ2n) is 5.67. The molecule has 3 heteroatoms. The monoisotopic (exact) mass is 326 g/mol. The summed E-state index contributed by atoms with van der Waals surface area (Å²) in [5, 5.41) is 3.30. The molecule has 0 aliphatic rings. The molecule has 19 heavy (non-hydrogen) atoms. The van der Waals surface area contributed by atoms with Crippen LogP contribution in [0.25, 0.3) is 0 Å². The molecule has 2 nitrogen and oxygen atoms in total. The molecule has 1 rings (SSSR count). The van der Waals surface area contributed by atoms with E-state index in [4.69, 9.17) is 0 Å². The highest BCUT2D eigenvalue weighted by molar-refractivity contribution is 9.10. The van der Waals surface area contributed by atoms with Gasteiger partial charge in [-0.05, 0) is 50.5 Å². The van der Waals surface area contributed by atoms with Crippen LogP contribution in [0.3, 0.4) is 0 Å². The highest BCUT2D eigenvalue weighted by Gasteiger charge is 2.14. The van der Waals surface area contributed by atoms with Crippen LogP contribution in [0.15, 0.2) is 28.7 Å². The Kier molecular flexibility index (Phi) is 7.66. The van der Waals surface area contributed by atoms with Crippen LogP contribution < -0.4 is 5.32 Å². The van der Waals surface area contributed by atoms with Crippen molar-refractivity contribution < 1.29 is 0 Å². The normalized spacial score (nSPS) is 13.2. The Morgan fingerprint density at radius 2 is 1.95 bits per heavy atom. The second-order valence-corrected chi connectivity index (χ2v) is 6.52. The van der Waals surface area contributed by atoms with Gasteiger partial charge in [-0.15, -0.1) is 0 Å². The molecule has 0 radical (unpaired) electrons. The Labute approximate surface area is 126 Å². The zero-order valence-corrected chi connectivity index (χ0v) is 14.2. The molecule has 1 aromatic carbocycles. The van der Waals surface area contributed by atoms with Crippen molar-refractivity contribution >= 4 is 15.9 Å². The van der Waals surface area contributed by atoms with E-state index in [1.807, 2.05) is 7.05 Å². The molecule has 1 unspecified atom stereocenters. The van der Waals surface area contributed by atoms with Crippen LogP contribution in [-0.4, -0.2) is 38.6 Å². The van der Waals surface area contributed by atoms with Crippen molar-refractivity contribution in [2.75, 3.05) is 33.7 Å². The fraction of sp³-hybridized carbons (Fsp3) is 0.625. The number of hydrogen-bond donors (Lipinski definition) is 1. The lowest BCUT2D eigenvalue weighted by molar-refractivity contribution is 0.235. The van der Waals surface area contributed by atoms with Gasteiger partial charge in [-0.25, -0.2) is 0 Å². The lowest BCUT2D eigenvalue weighted by Crippen LogP contribution is -2.35. The van der Waals surface area contributed by atoms with E-state index in [1.165, 1.54) is 10.0 Å². The Hall–Kier alpha value is -0.380. The van der Waals surface area contributed by atoms with Gasteiger partial charge in [0.2, 0.25) is 0 Å². The van der Waals surface area contributed by atoms with Crippen molar-refractivity contribution in [3.05, 3.63) is 34.3 Å². The maximum Gasteiger partial charge on any atom is 0.0207 e. The second kappa shape index (κ2) is 8.72. The van der Waals surface area contributed by atoms with E-state index in [0.717, 1.165) is 32.0 Å². The van der Waals surface area contributed by atoms with Gasteiger partial charge in [0, 0.05) is 17.6 Å². The van der Waals surface area contributed by atoms with E-state index >= 15 is 0 Å². The van der Waals surface area contributed by atoms with Crippen LogP contribution in [-0.2, 0) is 6.42 Å². The van der Waals surface area contributed by atoms with Crippen LogP contribution in [0.4, 0.5) is 0 Å². The molecule has 1 aromatic rings. The Morgan fingerprint density at radius 1 is 1.26 bits per heavy atom. The molecular weight excluding hydrogens is 300 g/mol. The average Bonchev–Trinajstić information content (AvgIpc) is 2.37. The molecule has 0 saturated heterocycles. The Bertz CT molecular complexity index is 366. The van der Waals surface area contributed by atoms with Gasteiger partial charge in [0.15, 0.2) is 0 Å². The van der Waals surface area contributed by atoms with Crippen LogP contribution in [0.1, 0.15) is 19.4 Å². The van der Waals surface area contributed by atoms with Gasteiger partial charge in [0.05, 0.1) is 0 Å². The fourth-order valence-electron chi connectivity index (χ4n) is 2.28. The lowest BCUT2D eigenvalue weighted by atomic mass is 9.95. The number of nitrogens with one attached hydrogen (secondary N) is 1. The average molecular weight is 327 g/mol. The summed E-state index contributed by atoms with van der Waals surface area (Å²) in [6.07, 6.45) is 1.10. The maximum atomic E-state index is 3.62. The predicted octanol–water partition coefficient (Wildman–Crippen LogP) is 3.42. The third kappa shape index (κ3) is 6.07. The third-order valence-corrected chi connectivity index (χ3v) is 4.45. The van der Waals surface area contributed by atoms with Gasteiger partial charge >= 0.3 is 0 Å². The summed E-state index contributed by atoms with van der Waals surface area (Å²) in [6.45, 7) is 7.98. The summed E-state index contributed by atoms with van der Waals surface area (Å²) in [6, 6.07) is 8.50. The molecule has 0 saturated carbocycles. The Morgan fingerprint density at radius 3 is 2.53 bits per heavy atom. The topological polar surface area (TPSA) is 15.3 Å². The maximum absolute atomic E-state index is 3.62. The molecule has 1 N–H and O–H groups in total. The number of benzene rings is 1. The van der Waals surface area contributed by atoms with Crippen LogP contribution in [0, 0.1) is 11.8 Å². The van der Waals surface area contributed by atoms with Crippen molar-refractivity contribution in [3.63, 3.8) is 0 Å². The first kappa shape index (κ1) is 16.7. The number of likely N-dealkylation sites (N-methyl/N-ethyl adjacent to an activating group) is 1. The largest absolute Gasteiger partial charge is 0.319 e. The van der Waals surface area contributed by atoms with E-state index in [-0.39, 0.29) is 0 Å². The number of hydrogen-bond acceptors (Lipinski definition) is 2. The standard InChI is InChI=1S/C16H27BrN2/c1-13(2)15(11-18-3)12-19(4)10-9-14-7-5-6-8-16(14)17/h5-8,13,15,18H,9-12H2,1-4H3. The summed E-state index contributed by atoms with van der Waals surface area (Å²) >= 11 is 3.62. The van der Waals surface area contributed by atoms with Crippen molar-refractivity contribution in [2.45, 2.75) is 20.3 Å². The van der Waals surface area contributed by atoms with Gasteiger partial charge in [0.25, 0.3) is 0 Å². The van der Waals surface area contributed by atoms with Crippen molar-refractivity contribution in [1.82, 2.24) is 10.2 Å². The Balaban J connectivity index is 2.42. The molecule has 0 aliphatic heterocycles. The highest BCUT2D eigenvalue weighted by atomic mass is 79.9. The van der Waals surface area contributed by atoms with E-state index in [1.54, 1.807) is 0 Å². The first-order chi connectivity index (χ1) is 9.04. The molecule has 0 fully saturated rings. The molecule has 1 atom stereocenters. The van der Waals surface area contributed by atoms with Gasteiger partial charge in [-0.3, -0.25) is 0 Å². The summed E-state index contributed by atoms with van der Waals surface area (Å²) in [5.74, 6) is 1.44. The van der Waals surface area contributed by atoms with E-state index < -0.39 is 0 Å². The van der Waals surface area contributed by atoms with Gasteiger partial charge in [0.1, 0.15) is 0 Å². The minimum Gasteiger partial charge on any atom is -0.319 e. The van der Waals surface area contributed by atoms with Crippen molar-refractivity contribution in [1.29, 1.82) is 0 Å². The van der Waals surface area contributed by atoms with Gasteiger partial charge in [-0.1, -0.05) is 48.0 Å². The highest BCUT2D eigenvalue weighted by Crippen LogP contribution is 2.17. The van der Waals surface area contributed by atoms with E-state index in [0.29, 0.717) is 5.92 Å². The molecule has 0 aromatic heterocycles. The molecular formula is C16H27BrN2.